The van der Waals surface area contributed by atoms with Crippen LogP contribution in [-0.4, -0.2) is 19.2 Å². The molecule has 0 unspecified atom stereocenters. The summed E-state index contributed by atoms with van der Waals surface area (Å²) in [5, 5.41) is 0. The van der Waals surface area contributed by atoms with Crippen molar-refractivity contribution < 1.29 is 13.6 Å². The lowest BCUT2D eigenvalue weighted by Crippen LogP contribution is -2.12. The van der Waals surface area contributed by atoms with Crippen molar-refractivity contribution in [2.24, 2.45) is 0 Å². The van der Waals surface area contributed by atoms with Crippen molar-refractivity contribution in [1.82, 2.24) is 4.98 Å². The molecule has 1 aromatic rings. The van der Waals surface area contributed by atoms with Crippen LogP contribution < -0.4 is 5.44 Å². The lowest BCUT2D eigenvalue weighted by molar-refractivity contribution is 0.286. The first-order chi connectivity index (χ1) is 7.03. The highest BCUT2D eigenvalue weighted by molar-refractivity contribution is 7.61. The van der Waals surface area contributed by atoms with E-state index in [9.17, 15) is 4.57 Å². The largest absolute Gasteiger partial charge is 0.379 e. The Morgan fingerprint density at radius 1 is 1.27 bits per heavy atom. The number of nitrogens with zero attached hydrogens (tertiary/aromatic N) is 1. The van der Waals surface area contributed by atoms with Crippen LogP contribution in [0.15, 0.2) is 18.3 Å². The molecule has 0 atom stereocenters. The number of aromatic nitrogens is 1. The lowest BCUT2D eigenvalue weighted by atomic mass is 10.1. The monoisotopic (exact) mass is 229 g/mol. The van der Waals surface area contributed by atoms with Gasteiger partial charge in [0.05, 0.1) is 0 Å². The van der Waals surface area contributed by atoms with Crippen LogP contribution >= 0.6 is 7.60 Å². The van der Waals surface area contributed by atoms with Crippen LogP contribution in [0.4, 0.5) is 0 Å². The van der Waals surface area contributed by atoms with Crippen LogP contribution in [0.5, 0.6) is 0 Å². The predicted molar refractivity (Wildman–Crippen MR) is 59.6 cm³/mol. The van der Waals surface area contributed by atoms with Gasteiger partial charge in [-0.05, 0) is 17.5 Å². The van der Waals surface area contributed by atoms with Crippen LogP contribution in [0.1, 0.15) is 25.3 Å². The van der Waals surface area contributed by atoms with E-state index in [4.69, 9.17) is 9.05 Å². The topological polar surface area (TPSA) is 48.4 Å². The molecule has 0 N–H and O–H groups in total. The highest BCUT2D eigenvalue weighted by Gasteiger charge is 2.25. The third-order valence-electron chi connectivity index (χ3n) is 2.20. The Bertz CT molecular complexity index is 353. The molecule has 0 saturated carbocycles. The standard InChI is InChI=1S/C10H16NO3P/c1-8(2)9-5-6-10(11-7-9)15(12,13-3)14-4/h5-8H,1-4H3. The van der Waals surface area contributed by atoms with Gasteiger partial charge in [0, 0.05) is 20.4 Å². The average molecular weight is 229 g/mol. The third kappa shape index (κ3) is 2.65. The fraction of sp³-hybridized carbons (Fsp3) is 0.500. The summed E-state index contributed by atoms with van der Waals surface area (Å²) in [5.41, 5.74) is 1.44. The number of hydrogen-bond acceptors (Lipinski definition) is 4. The molecule has 0 radical (unpaired) electrons. The van der Waals surface area contributed by atoms with Gasteiger partial charge in [0.25, 0.3) is 0 Å². The van der Waals surface area contributed by atoms with Gasteiger partial charge in [-0.3, -0.25) is 4.57 Å². The molecule has 0 spiro atoms. The van der Waals surface area contributed by atoms with Crippen LogP contribution in [0.25, 0.3) is 0 Å². The van der Waals surface area contributed by atoms with E-state index >= 15 is 0 Å². The van der Waals surface area contributed by atoms with Crippen molar-refractivity contribution >= 4 is 13.0 Å². The normalized spacial score (nSPS) is 12.1. The minimum atomic E-state index is -3.19. The number of rotatable bonds is 4. The maximum Gasteiger partial charge on any atom is 0.379 e. The second-order valence-electron chi connectivity index (χ2n) is 3.47. The molecule has 84 valence electrons. The first-order valence-electron chi connectivity index (χ1n) is 4.71. The summed E-state index contributed by atoms with van der Waals surface area (Å²) in [4.78, 5) is 4.10. The molecule has 0 amide bonds. The second kappa shape index (κ2) is 4.88. The molecule has 0 aliphatic carbocycles. The van der Waals surface area contributed by atoms with Crippen molar-refractivity contribution in [2.45, 2.75) is 19.8 Å². The summed E-state index contributed by atoms with van der Waals surface area (Å²) < 4.78 is 21.6. The Morgan fingerprint density at radius 3 is 2.20 bits per heavy atom. The van der Waals surface area contributed by atoms with E-state index in [2.05, 4.69) is 18.8 Å². The average Bonchev–Trinajstić information content (AvgIpc) is 2.28. The third-order valence-corrected chi connectivity index (χ3v) is 3.99. The highest BCUT2D eigenvalue weighted by Crippen LogP contribution is 2.44. The Morgan fingerprint density at radius 2 is 1.87 bits per heavy atom. The van der Waals surface area contributed by atoms with Gasteiger partial charge in [0.1, 0.15) is 0 Å². The SMILES string of the molecule is COP(=O)(OC)c1ccc(C(C)C)cn1. The molecule has 5 heteroatoms. The smallest absolute Gasteiger partial charge is 0.308 e. The number of pyridine rings is 1. The highest BCUT2D eigenvalue weighted by atomic mass is 31.2. The molecule has 15 heavy (non-hydrogen) atoms. The van der Waals surface area contributed by atoms with Crippen molar-refractivity contribution in [3.8, 4) is 0 Å². The Labute approximate surface area is 90.2 Å². The first kappa shape index (κ1) is 12.4. The van der Waals surface area contributed by atoms with E-state index in [0.29, 0.717) is 11.4 Å². The van der Waals surface area contributed by atoms with Crippen molar-refractivity contribution in [1.29, 1.82) is 0 Å². The minimum absolute atomic E-state index is 0.344. The maximum absolute atomic E-state index is 11.9. The van der Waals surface area contributed by atoms with Crippen LogP contribution in [0, 0.1) is 0 Å². The summed E-state index contributed by atoms with van der Waals surface area (Å²) in [7, 11) is -0.496. The van der Waals surface area contributed by atoms with Crippen LogP contribution in [0.2, 0.25) is 0 Å². The molecule has 0 fully saturated rings. The Hall–Kier alpha value is -0.700. The zero-order valence-corrected chi connectivity index (χ0v) is 10.3. The molecule has 0 bridgehead atoms. The molecular weight excluding hydrogens is 213 g/mol. The van der Waals surface area contributed by atoms with Crippen LogP contribution in [-0.2, 0) is 13.6 Å². The van der Waals surface area contributed by atoms with E-state index in [1.165, 1.54) is 14.2 Å². The molecule has 1 heterocycles. The van der Waals surface area contributed by atoms with Crippen molar-refractivity contribution in [3.63, 3.8) is 0 Å². The van der Waals surface area contributed by atoms with Crippen molar-refractivity contribution in [2.75, 3.05) is 14.2 Å². The number of hydrogen-bond donors (Lipinski definition) is 0. The lowest BCUT2D eigenvalue weighted by Gasteiger charge is -2.13. The maximum atomic E-state index is 11.9. The van der Waals surface area contributed by atoms with Crippen molar-refractivity contribution in [3.05, 3.63) is 23.9 Å². The van der Waals surface area contributed by atoms with E-state index in [0.717, 1.165) is 5.56 Å². The molecule has 0 aliphatic rings. The molecular formula is C10H16NO3P. The van der Waals surface area contributed by atoms with E-state index < -0.39 is 7.60 Å². The van der Waals surface area contributed by atoms with Gasteiger partial charge in [-0.25, -0.2) is 4.98 Å². The van der Waals surface area contributed by atoms with E-state index in [-0.39, 0.29) is 0 Å². The van der Waals surface area contributed by atoms with Crippen LogP contribution in [0.3, 0.4) is 0 Å². The molecule has 1 rings (SSSR count). The summed E-state index contributed by atoms with van der Waals surface area (Å²) in [5.74, 6) is 0.399. The molecule has 0 saturated heterocycles. The Balaban J connectivity index is 3.03. The fourth-order valence-corrected chi connectivity index (χ4v) is 2.14. The predicted octanol–water partition coefficient (Wildman–Crippen LogP) is 2.32. The fourth-order valence-electron chi connectivity index (χ4n) is 1.16. The quantitative estimate of drug-likeness (QED) is 0.743. The van der Waals surface area contributed by atoms with Gasteiger partial charge in [-0.1, -0.05) is 19.9 Å². The van der Waals surface area contributed by atoms with Gasteiger partial charge in [-0.15, -0.1) is 0 Å². The van der Waals surface area contributed by atoms with Gasteiger partial charge in [0.2, 0.25) is 0 Å². The van der Waals surface area contributed by atoms with E-state index in [1.54, 1.807) is 12.3 Å². The zero-order chi connectivity index (χ0) is 11.5. The van der Waals surface area contributed by atoms with Gasteiger partial charge in [0.15, 0.2) is 5.44 Å². The Kier molecular flexibility index (Phi) is 4.03. The van der Waals surface area contributed by atoms with Gasteiger partial charge in [-0.2, -0.15) is 0 Å². The first-order valence-corrected chi connectivity index (χ1v) is 6.26. The summed E-state index contributed by atoms with van der Waals surface area (Å²) in [6, 6.07) is 3.57. The zero-order valence-electron chi connectivity index (χ0n) is 9.43. The molecule has 4 nitrogen and oxygen atoms in total. The van der Waals surface area contributed by atoms with Gasteiger partial charge >= 0.3 is 7.60 Å². The second-order valence-corrected chi connectivity index (χ2v) is 5.65. The molecule has 0 aromatic carbocycles. The summed E-state index contributed by atoms with van der Waals surface area (Å²) >= 11 is 0. The summed E-state index contributed by atoms with van der Waals surface area (Å²) in [6.07, 6.45) is 1.70. The molecule has 0 aliphatic heterocycles. The molecule has 1 aromatic heterocycles. The minimum Gasteiger partial charge on any atom is -0.308 e. The van der Waals surface area contributed by atoms with E-state index in [1.807, 2.05) is 6.07 Å². The summed E-state index contributed by atoms with van der Waals surface area (Å²) in [6.45, 7) is 4.14. The van der Waals surface area contributed by atoms with Gasteiger partial charge < -0.3 is 9.05 Å².